The Labute approximate surface area is 96.0 Å². The smallest absolute Gasteiger partial charge is 0.155 e. The van der Waals surface area contributed by atoms with Crippen molar-refractivity contribution in [3.05, 3.63) is 35.9 Å². The van der Waals surface area contributed by atoms with Crippen LogP contribution in [0.1, 0.15) is 18.9 Å². The Kier molecular flexibility index (Phi) is 3.59. The summed E-state index contributed by atoms with van der Waals surface area (Å²) in [5, 5.41) is 9.30. The van der Waals surface area contributed by atoms with Gasteiger partial charge in [-0.15, -0.1) is 0 Å². The molecule has 16 heavy (non-hydrogen) atoms. The van der Waals surface area contributed by atoms with Crippen molar-refractivity contribution in [2.24, 2.45) is 5.41 Å². The molecular formula is C13H18O3. The third-order valence-electron chi connectivity index (χ3n) is 2.85. The van der Waals surface area contributed by atoms with Gasteiger partial charge in [0.25, 0.3) is 0 Å². The standard InChI is InChI=1S/C13H18O3/c1-13(7-12(14)16-10-13)9-15-8-11-5-3-2-4-6-11/h2-6,12,14H,7-10H2,1H3/t12?,13-/m0/s1. The second-order valence-electron chi connectivity index (χ2n) is 4.76. The van der Waals surface area contributed by atoms with Crippen LogP contribution in [-0.4, -0.2) is 24.6 Å². The summed E-state index contributed by atoms with van der Waals surface area (Å²) in [7, 11) is 0. The zero-order valence-corrected chi connectivity index (χ0v) is 9.56. The van der Waals surface area contributed by atoms with Gasteiger partial charge in [0, 0.05) is 11.8 Å². The summed E-state index contributed by atoms with van der Waals surface area (Å²) in [6.45, 7) is 3.89. The lowest BCUT2D eigenvalue weighted by Gasteiger charge is -2.21. The number of hydrogen-bond donors (Lipinski definition) is 1. The highest BCUT2D eigenvalue weighted by atomic mass is 16.6. The molecule has 0 bridgehead atoms. The highest BCUT2D eigenvalue weighted by Crippen LogP contribution is 2.31. The number of aliphatic hydroxyl groups excluding tert-OH is 1. The van der Waals surface area contributed by atoms with Crippen LogP contribution in [0.4, 0.5) is 0 Å². The first kappa shape index (κ1) is 11.6. The van der Waals surface area contributed by atoms with Gasteiger partial charge in [0.2, 0.25) is 0 Å². The second kappa shape index (κ2) is 4.95. The Morgan fingerprint density at radius 1 is 1.44 bits per heavy atom. The van der Waals surface area contributed by atoms with E-state index >= 15 is 0 Å². The monoisotopic (exact) mass is 222 g/mol. The third kappa shape index (κ3) is 3.04. The van der Waals surface area contributed by atoms with Crippen LogP contribution in [-0.2, 0) is 16.1 Å². The summed E-state index contributed by atoms with van der Waals surface area (Å²) < 4.78 is 10.8. The SMILES string of the molecule is C[C@]1(COCc2ccccc2)COC(O)C1. The van der Waals surface area contributed by atoms with Gasteiger partial charge in [-0.3, -0.25) is 0 Å². The fraction of sp³-hybridized carbons (Fsp3) is 0.538. The van der Waals surface area contributed by atoms with E-state index < -0.39 is 6.29 Å². The van der Waals surface area contributed by atoms with Gasteiger partial charge in [-0.2, -0.15) is 0 Å². The van der Waals surface area contributed by atoms with E-state index in [-0.39, 0.29) is 5.41 Å². The van der Waals surface area contributed by atoms with E-state index in [1.807, 2.05) is 30.3 Å². The van der Waals surface area contributed by atoms with Gasteiger partial charge in [0.1, 0.15) is 0 Å². The molecule has 0 aliphatic carbocycles. The lowest BCUT2D eigenvalue weighted by molar-refractivity contribution is -0.0601. The van der Waals surface area contributed by atoms with E-state index in [9.17, 15) is 5.11 Å². The first-order valence-corrected chi connectivity index (χ1v) is 5.59. The summed E-state index contributed by atoms with van der Waals surface area (Å²) >= 11 is 0. The van der Waals surface area contributed by atoms with Crippen molar-refractivity contribution >= 4 is 0 Å². The van der Waals surface area contributed by atoms with Gasteiger partial charge in [-0.25, -0.2) is 0 Å². The van der Waals surface area contributed by atoms with Gasteiger partial charge in [-0.1, -0.05) is 37.3 Å². The lowest BCUT2D eigenvalue weighted by Crippen LogP contribution is -2.23. The second-order valence-corrected chi connectivity index (χ2v) is 4.76. The van der Waals surface area contributed by atoms with Crippen LogP contribution in [0.15, 0.2) is 30.3 Å². The minimum Gasteiger partial charge on any atom is -0.376 e. The maximum atomic E-state index is 9.30. The van der Waals surface area contributed by atoms with Crippen molar-refractivity contribution in [3.8, 4) is 0 Å². The summed E-state index contributed by atoms with van der Waals surface area (Å²) in [4.78, 5) is 0. The molecule has 1 aliphatic rings. The molecule has 0 radical (unpaired) electrons. The quantitative estimate of drug-likeness (QED) is 0.846. The van der Waals surface area contributed by atoms with E-state index in [1.165, 1.54) is 5.56 Å². The maximum absolute atomic E-state index is 9.30. The maximum Gasteiger partial charge on any atom is 0.155 e. The molecule has 0 spiro atoms. The van der Waals surface area contributed by atoms with Crippen molar-refractivity contribution in [1.82, 2.24) is 0 Å². The lowest BCUT2D eigenvalue weighted by atomic mass is 9.91. The molecule has 2 atom stereocenters. The predicted octanol–water partition coefficient (Wildman–Crippen LogP) is 1.95. The molecule has 1 fully saturated rings. The summed E-state index contributed by atoms with van der Waals surface area (Å²) in [6, 6.07) is 10.1. The molecule has 1 N–H and O–H groups in total. The van der Waals surface area contributed by atoms with E-state index in [0.717, 1.165) is 0 Å². The van der Waals surface area contributed by atoms with Crippen LogP contribution >= 0.6 is 0 Å². The number of hydrogen-bond acceptors (Lipinski definition) is 3. The highest BCUT2D eigenvalue weighted by molar-refractivity contribution is 5.13. The molecule has 0 saturated carbocycles. The minimum atomic E-state index is -0.620. The van der Waals surface area contributed by atoms with Gasteiger partial charge in [-0.05, 0) is 5.56 Å². The summed E-state index contributed by atoms with van der Waals surface area (Å²) in [6.07, 6.45) is 0.0345. The Morgan fingerprint density at radius 3 is 2.81 bits per heavy atom. The fourth-order valence-electron chi connectivity index (χ4n) is 1.93. The van der Waals surface area contributed by atoms with Gasteiger partial charge in [0.15, 0.2) is 6.29 Å². The number of rotatable bonds is 4. The summed E-state index contributed by atoms with van der Waals surface area (Å²) in [5.74, 6) is 0. The number of benzene rings is 1. The Bertz CT molecular complexity index is 325. The van der Waals surface area contributed by atoms with E-state index in [4.69, 9.17) is 9.47 Å². The van der Waals surface area contributed by atoms with E-state index in [2.05, 4.69) is 6.92 Å². The minimum absolute atomic E-state index is 0.0474. The molecule has 3 nitrogen and oxygen atoms in total. The van der Waals surface area contributed by atoms with Crippen LogP contribution < -0.4 is 0 Å². The Balaban J connectivity index is 1.76. The molecule has 1 heterocycles. The molecule has 88 valence electrons. The zero-order valence-electron chi connectivity index (χ0n) is 9.56. The third-order valence-corrected chi connectivity index (χ3v) is 2.85. The molecule has 1 aromatic rings. The normalized spacial score (nSPS) is 29.5. The van der Waals surface area contributed by atoms with E-state index in [1.54, 1.807) is 0 Å². The van der Waals surface area contributed by atoms with Gasteiger partial charge >= 0.3 is 0 Å². The molecule has 1 aromatic carbocycles. The Hall–Kier alpha value is -0.900. The summed E-state index contributed by atoms with van der Waals surface area (Å²) in [5.41, 5.74) is 1.12. The van der Waals surface area contributed by atoms with Gasteiger partial charge in [0.05, 0.1) is 19.8 Å². The van der Waals surface area contributed by atoms with Crippen LogP contribution in [0.2, 0.25) is 0 Å². The van der Waals surface area contributed by atoms with Crippen LogP contribution in [0.25, 0.3) is 0 Å². The van der Waals surface area contributed by atoms with Crippen molar-refractivity contribution in [2.75, 3.05) is 13.2 Å². The van der Waals surface area contributed by atoms with Gasteiger partial charge < -0.3 is 14.6 Å². The average molecular weight is 222 g/mol. The fourth-order valence-corrected chi connectivity index (χ4v) is 1.93. The molecule has 0 amide bonds. The highest BCUT2D eigenvalue weighted by Gasteiger charge is 2.35. The predicted molar refractivity (Wildman–Crippen MR) is 60.8 cm³/mol. The number of ether oxygens (including phenoxy) is 2. The van der Waals surface area contributed by atoms with Crippen molar-refractivity contribution in [1.29, 1.82) is 0 Å². The first-order valence-electron chi connectivity index (χ1n) is 5.59. The molecule has 3 heteroatoms. The molecular weight excluding hydrogens is 204 g/mol. The molecule has 2 rings (SSSR count). The van der Waals surface area contributed by atoms with E-state index in [0.29, 0.717) is 26.2 Å². The van der Waals surface area contributed by atoms with Crippen LogP contribution in [0, 0.1) is 5.41 Å². The Morgan fingerprint density at radius 2 is 2.19 bits per heavy atom. The molecule has 0 aromatic heterocycles. The van der Waals surface area contributed by atoms with Crippen molar-refractivity contribution in [3.63, 3.8) is 0 Å². The van der Waals surface area contributed by atoms with Crippen molar-refractivity contribution in [2.45, 2.75) is 26.2 Å². The first-order chi connectivity index (χ1) is 7.68. The largest absolute Gasteiger partial charge is 0.376 e. The molecule has 1 aliphatic heterocycles. The average Bonchev–Trinajstić information content (AvgIpc) is 2.60. The molecule has 1 unspecified atom stereocenters. The number of aliphatic hydroxyl groups is 1. The zero-order chi connectivity index (χ0) is 11.4. The topological polar surface area (TPSA) is 38.7 Å². The molecule has 1 saturated heterocycles. The van der Waals surface area contributed by atoms with Crippen LogP contribution in [0.5, 0.6) is 0 Å². The van der Waals surface area contributed by atoms with Crippen molar-refractivity contribution < 1.29 is 14.6 Å². The van der Waals surface area contributed by atoms with Crippen LogP contribution in [0.3, 0.4) is 0 Å².